The predicted molar refractivity (Wildman–Crippen MR) is 70.4 cm³/mol. The molecule has 2 atom stereocenters. The fourth-order valence-electron chi connectivity index (χ4n) is 2.97. The summed E-state index contributed by atoms with van der Waals surface area (Å²) in [5.41, 5.74) is -1.13. The summed E-state index contributed by atoms with van der Waals surface area (Å²) in [7, 11) is 0. The third kappa shape index (κ3) is 3.04. The summed E-state index contributed by atoms with van der Waals surface area (Å²) in [5.74, 6) is -0.969. The van der Waals surface area contributed by atoms with Crippen molar-refractivity contribution < 1.29 is 24.5 Å². The van der Waals surface area contributed by atoms with E-state index < -0.39 is 17.6 Å². The molecule has 0 aromatic heterocycles. The number of carbonyl (C=O) groups excluding carboxylic acids is 1. The maximum atomic E-state index is 12.3. The highest BCUT2D eigenvalue weighted by Crippen LogP contribution is 2.30. The standard InChI is InChI=1S/C13H22N2O5/c1-9-6-15(7-10(8-16)20-9)12(19)14-13(11(17)18)4-2-3-5-13/h9-10,16H,2-8H2,1H3,(H,14,19)(H,17,18). The number of rotatable bonds is 3. The van der Waals surface area contributed by atoms with Crippen molar-refractivity contribution in [3.8, 4) is 0 Å². The molecule has 2 rings (SSSR count). The Kier molecular flexibility index (Phi) is 4.49. The first-order valence-electron chi connectivity index (χ1n) is 7.03. The van der Waals surface area contributed by atoms with E-state index >= 15 is 0 Å². The summed E-state index contributed by atoms with van der Waals surface area (Å²) in [6, 6.07) is -0.386. The first-order chi connectivity index (χ1) is 9.47. The van der Waals surface area contributed by atoms with Crippen molar-refractivity contribution in [3.63, 3.8) is 0 Å². The zero-order valence-corrected chi connectivity index (χ0v) is 11.7. The Hall–Kier alpha value is -1.34. The molecule has 2 unspecified atom stereocenters. The van der Waals surface area contributed by atoms with E-state index in [2.05, 4.69) is 5.32 Å². The molecule has 0 bridgehead atoms. The van der Waals surface area contributed by atoms with Gasteiger partial charge >= 0.3 is 12.0 Å². The molecular weight excluding hydrogens is 264 g/mol. The number of aliphatic carboxylic acids is 1. The number of nitrogens with zero attached hydrogens (tertiary/aromatic N) is 1. The molecule has 7 nitrogen and oxygen atoms in total. The second-order valence-electron chi connectivity index (χ2n) is 5.68. The minimum Gasteiger partial charge on any atom is -0.480 e. The quantitative estimate of drug-likeness (QED) is 0.687. The Bertz CT molecular complexity index is 381. The van der Waals surface area contributed by atoms with Gasteiger partial charge < -0.3 is 25.2 Å². The van der Waals surface area contributed by atoms with E-state index in [1.807, 2.05) is 6.92 Å². The average molecular weight is 286 g/mol. The second kappa shape index (κ2) is 5.97. The molecule has 7 heteroatoms. The van der Waals surface area contributed by atoms with Gasteiger partial charge in [0.1, 0.15) is 5.54 Å². The number of carboxylic acid groups (broad SMARTS) is 1. The van der Waals surface area contributed by atoms with Crippen LogP contribution in [0.1, 0.15) is 32.6 Å². The molecule has 1 aliphatic heterocycles. The molecule has 2 amide bonds. The molecule has 1 aliphatic carbocycles. The third-order valence-electron chi connectivity index (χ3n) is 4.03. The van der Waals surface area contributed by atoms with Crippen molar-refractivity contribution >= 4 is 12.0 Å². The van der Waals surface area contributed by atoms with E-state index in [1.54, 1.807) is 0 Å². The number of carboxylic acids is 1. The first-order valence-corrected chi connectivity index (χ1v) is 7.03. The van der Waals surface area contributed by atoms with E-state index in [0.29, 0.717) is 19.4 Å². The van der Waals surface area contributed by atoms with Gasteiger partial charge in [0.15, 0.2) is 0 Å². The fraction of sp³-hybridized carbons (Fsp3) is 0.846. The highest BCUT2D eigenvalue weighted by Gasteiger charge is 2.44. The van der Waals surface area contributed by atoms with Gasteiger partial charge in [0, 0.05) is 6.54 Å². The van der Waals surface area contributed by atoms with Crippen molar-refractivity contribution in [2.24, 2.45) is 0 Å². The molecule has 2 aliphatic rings. The molecule has 20 heavy (non-hydrogen) atoms. The Morgan fingerprint density at radius 1 is 1.35 bits per heavy atom. The van der Waals surface area contributed by atoms with Gasteiger partial charge in [-0.15, -0.1) is 0 Å². The Morgan fingerprint density at radius 3 is 2.55 bits per heavy atom. The lowest BCUT2D eigenvalue weighted by Crippen LogP contribution is -2.60. The molecule has 0 aromatic rings. The van der Waals surface area contributed by atoms with Crippen LogP contribution in [0.5, 0.6) is 0 Å². The third-order valence-corrected chi connectivity index (χ3v) is 4.03. The number of amides is 2. The number of nitrogens with one attached hydrogen (secondary N) is 1. The topological polar surface area (TPSA) is 99.1 Å². The number of carbonyl (C=O) groups is 2. The number of morpholine rings is 1. The predicted octanol–water partition coefficient (Wildman–Crippen LogP) is 0.175. The van der Waals surface area contributed by atoms with Crippen molar-refractivity contribution in [2.75, 3.05) is 19.7 Å². The van der Waals surface area contributed by atoms with Gasteiger partial charge in [0.05, 0.1) is 25.4 Å². The summed E-state index contributed by atoms with van der Waals surface area (Å²) >= 11 is 0. The molecular formula is C13H22N2O5. The van der Waals surface area contributed by atoms with Crippen LogP contribution in [0.3, 0.4) is 0 Å². The number of aliphatic hydroxyl groups excluding tert-OH is 1. The SMILES string of the molecule is CC1CN(C(=O)NC2(C(=O)O)CCCC2)CC(CO)O1. The van der Waals surface area contributed by atoms with E-state index in [-0.39, 0.29) is 25.3 Å². The lowest BCUT2D eigenvalue weighted by molar-refractivity contribution is -0.144. The molecule has 1 heterocycles. The zero-order chi connectivity index (χ0) is 14.8. The largest absolute Gasteiger partial charge is 0.480 e. The Balaban J connectivity index is 2.01. The van der Waals surface area contributed by atoms with Gasteiger partial charge in [0.25, 0.3) is 0 Å². The lowest BCUT2D eigenvalue weighted by atomic mass is 9.98. The maximum Gasteiger partial charge on any atom is 0.329 e. The van der Waals surface area contributed by atoms with E-state index in [1.165, 1.54) is 4.90 Å². The summed E-state index contributed by atoms with van der Waals surface area (Å²) in [4.78, 5) is 25.2. The zero-order valence-electron chi connectivity index (χ0n) is 11.7. The van der Waals surface area contributed by atoms with Gasteiger partial charge in [-0.25, -0.2) is 9.59 Å². The first kappa shape index (κ1) is 15.1. The van der Waals surface area contributed by atoms with Crippen molar-refractivity contribution in [1.29, 1.82) is 0 Å². The number of hydrogen-bond donors (Lipinski definition) is 3. The van der Waals surface area contributed by atoms with Gasteiger partial charge in [-0.05, 0) is 19.8 Å². The maximum absolute atomic E-state index is 12.3. The van der Waals surface area contributed by atoms with Crippen molar-refractivity contribution in [3.05, 3.63) is 0 Å². The number of ether oxygens (including phenoxy) is 1. The number of aliphatic hydroxyl groups is 1. The van der Waals surface area contributed by atoms with Crippen molar-refractivity contribution in [1.82, 2.24) is 10.2 Å². The molecule has 0 radical (unpaired) electrons. The van der Waals surface area contributed by atoms with Crippen LogP contribution >= 0.6 is 0 Å². The van der Waals surface area contributed by atoms with Gasteiger partial charge in [0.2, 0.25) is 0 Å². The summed E-state index contributed by atoms with van der Waals surface area (Å²) in [6.07, 6.45) is 1.98. The van der Waals surface area contributed by atoms with Crippen LogP contribution in [0.25, 0.3) is 0 Å². The molecule has 2 fully saturated rings. The van der Waals surface area contributed by atoms with Crippen LogP contribution in [-0.2, 0) is 9.53 Å². The number of urea groups is 1. The normalized spacial score (nSPS) is 29.2. The molecule has 0 aromatic carbocycles. The molecule has 1 saturated carbocycles. The molecule has 114 valence electrons. The minimum atomic E-state index is -1.13. The monoisotopic (exact) mass is 286 g/mol. The van der Waals surface area contributed by atoms with E-state index in [4.69, 9.17) is 9.84 Å². The Morgan fingerprint density at radius 2 is 2.00 bits per heavy atom. The summed E-state index contributed by atoms with van der Waals surface area (Å²) < 4.78 is 5.47. The van der Waals surface area contributed by atoms with Crippen LogP contribution < -0.4 is 5.32 Å². The van der Waals surface area contributed by atoms with Gasteiger partial charge in [-0.3, -0.25) is 0 Å². The van der Waals surface area contributed by atoms with Crippen molar-refractivity contribution in [2.45, 2.75) is 50.4 Å². The Labute approximate surface area is 117 Å². The minimum absolute atomic E-state index is 0.155. The summed E-state index contributed by atoms with van der Waals surface area (Å²) in [5, 5.41) is 21.2. The molecule has 0 spiro atoms. The van der Waals surface area contributed by atoms with Crippen LogP contribution in [0, 0.1) is 0 Å². The number of hydrogen-bond acceptors (Lipinski definition) is 4. The van der Waals surface area contributed by atoms with E-state index in [0.717, 1.165) is 12.8 Å². The summed E-state index contributed by atoms with van der Waals surface area (Å²) in [6.45, 7) is 2.35. The smallest absolute Gasteiger partial charge is 0.329 e. The highest BCUT2D eigenvalue weighted by molar-refractivity contribution is 5.86. The van der Waals surface area contributed by atoms with E-state index in [9.17, 15) is 14.7 Å². The van der Waals surface area contributed by atoms with Crippen LogP contribution in [0.4, 0.5) is 4.79 Å². The second-order valence-corrected chi connectivity index (χ2v) is 5.68. The van der Waals surface area contributed by atoms with Gasteiger partial charge in [-0.1, -0.05) is 12.8 Å². The van der Waals surface area contributed by atoms with Crippen LogP contribution in [0.15, 0.2) is 0 Å². The van der Waals surface area contributed by atoms with Crippen LogP contribution in [-0.4, -0.2) is 64.6 Å². The highest BCUT2D eigenvalue weighted by atomic mass is 16.5. The fourth-order valence-corrected chi connectivity index (χ4v) is 2.97. The van der Waals surface area contributed by atoms with Crippen LogP contribution in [0.2, 0.25) is 0 Å². The average Bonchev–Trinajstić information content (AvgIpc) is 2.87. The molecule has 1 saturated heterocycles. The molecule has 3 N–H and O–H groups in total. The lowest BCUT2D eigenvalue weighted by Gasteiger charge is -2.38. The van der Waals surface area contributed by atoms with Gasteiger partial charge in [-0.2, -0.15) is 0 Å².